The highest BCUT2D eigenvalue weighted by atomic mass is 17.1. The van der Waals surface area contributed by atoms with Crippen LogP contribution in [0.5, 0.6) is 0 Å². The first-order valence-corrected chi connectivity index (χ1v) is 7.13. The second-order valence-corrected chi connectivity index (χ2v) is 4.69. The molecule has 10 atom stereocenters. The monoisotopic (exact) mass is 464 g/mol. The van der Waals surface area contributed by atoms with Gasteiger partial charge in [-0.2, -0.15) is 60.3 Å². The molecular weight excluding hydrogens is 444 g/mol. The fourth-order valence-electron chi connectivity index (χ4n) is 1.90. The molecule has 0 aliphatic rings. The van der Waals surface area contributed by atoms with Crippen LogP contribution in [-0.2, 0) is 29.0 Å². The third kappa shape index (κ3) is 13.4. The zero-order valence-corrected chi connectivity index (χ0v) is 14.3. The zero-order chi connectivity index (χ0) is 23.4. The molecule has 0 radical (unpaired) electrons. The molecule has 10 unspecified atom stereocenters. The van der Waals surface area contributed by atoms with Gasteiger partial charge in [-0.25, -0.2) is 0 Å². The Kier molecular flexibility index (Phi) is 14.5. The lowest BCUT2D eigenvalue weighted by Crippen LogP contribution is -3.10. The molecular formula is C6H20N6O18. The molecule has 0 heterocycles. The van der Waals surface area contributed by atoms with Crippen LogP contribution in [0.3, 0.4) is 0 Å². The van der Waals surface area contributed by atoms with Crippen LogP contribution in [0.2, 0.25) is 0 Å². The Hall–Kier alpha value is -0.960. The van der Waals surface area contributed by atoms with Crippen LogP contribution >= 0.6 is 0 Å². The summed E-state index contributed by atoms with van der Waals surface area (Å²) < 4.78 is 0. The molecule has 0 aliphatic carbocycles. The van der Waals surface area contributed by atoms with Crippen molar-refractivity contribution in [2.24, 2.45) is 0 Å². The fraction of sp³-hybridized carbons (Fsp3) is 1.00. The van der Waals surface area contributed by atoms with Gasteiger partial charge in [0.15, 0.2) is 24.4 Å². The maximum absolute atomic E-state index is 11.0. The number of hydrogen-bond donors (Lipinski definition) is 12. The summed E-state index contributed by atoms with van der Waals surface area (Å²) in [4.78, 5) is 25.1. The molecule has 0 aromatic rings. The Labute approximate surface area is 163 Å². The third-order valence-corrected chi connectivity index (χ3v) is 2.78. The van der Waals surface area contributed by atoms with Gasteiger partial charge in [0.2, 0.25) is 0 Å². The summed E-state index contributed by atoms with van der Waals surface area (Å²) in [7, 11) is 0. The van der Waals surface area contributed by atoms with Crippen LogP contribution < -0.4 is 32.3 Å². The molecule has 0 aromatic carbocycles. The Morgan fingerprint density at radius 3 is 0.933 bits per heavy atom. The van der Waals surface area contributed by atoms with Gasteiger partial charge in [0, 0.05) is 0 Å². The Morgan fingerprint density at radius 2 is 0.733 bits per heavy atom. The van der Waals surface area contributed by atoms with Gasteiger partial charge in [-0.3, -0.25) is 0 Å². The van der Waals surface area contributed by atoms with Crippen LogP contribution in [0.15, 0.2) is 0 Å². The van der Waals surface area contributed by atoms with Crippen molar-refractivity contribution in [3.63, 3.8) is 0 Å². The average Bonchev–Trinajstić information content (AvgIpc) is 2.57. The first kappa shape index (κ1) is 29.0. The van der Waals surface area contributed by atoms with Crippen molar-refractivity contribution in [2.75, 3.05) is 13.2 Å². The van der Waals surface area contributed by atoms with Gasteiger partial charge in [0.05, 0.1) is 0 Å². The van der Waals surface area contributed by atoms with E-state index in [-0.39, 0.29) is 0 Å². The topological polar surface area (TPSA) is 342 Å². The van der Waals surface area contributed by atoms with Crippen LogP contribution in [0.4, 0.5) is 0 Å². The lowest BCUT2D eigenvalue weighted by molar-refractivity contribution is -1.24. The summed E-state index contributed by atoms with van der Waals surface area (Å²) in [6.07, 6.45) is -9.42. The van der Waals surface area contributed by atoms with Crippen molar-refractivity contribution in [3.8, 4) is 0 Å². The Morgan fingerprint density at radius 1 is 0.467 bits per heavy atom. The number of nitrogens with one attached hydrogen (secondary N) is 6. The molecule has 30 heavy (non-hydrogen) atoms. The van der Waals surface area contributed by atoms with E-state index in [0.29, 0.717) is 0 Å². The molecule has 0 bridgehead atoms. The van der Waals surface area contributed by atoms with Gasteiger partial charge in [-0.15, -0.1) is 0 Å². The maximum Gasteiger partial charge on any atom is 0.191 e. The third-order valence-electron chi connectivity index (χ3n) is 2.78. The van der Waals surface area contributed by atoms with E-state index in [0.717, 1.165) is 0 Å². The highest BCUT2D eigenvalue weighted by molar-refractivity contribution is 4.83. The smallest absolute Gasteiger partial charge is 0.191 e. The number of quaternary nitrogens is 6. The fourth-order valence-corrected chi connectivity index (χ4v) is 1.90. The summed E-state index contributed by atoms with van der Waals surface area (Å²) in [6.45, 7) is -2.56. The molecule has 0 fully saturated rings. The standard InChI is InChI=1S/C6H20N6O18/c13-7(14)25-1-3(27-9(17)18)5(29-11(21)22)6(30-12(23)24)4(28-10(19)20)2-26-8(15)16/h3-13,15,17,19,21,23H,1-2H2. The van der Waals surface area contributed by atoms with Crippen molar-refractivity contribution in [3.05, 3.63) is 31.2 Å². The molecule has 24 heteroatoms. The first-order chi connectivity index (χ1) is 13.8. The van der Waals surface area contributed by atoms with Gasteiger partial charge >= 0.3 is 0 Å². The second kappa shape index (κ2) is 14.9. The van der Waals surface area contributed by atoms with Crippen molar-refractivity contribution in [1.29, 1.82) is 0 Å². The predicted molar refractivity (Wildman–Crippen MR) is 68.1 cm³/mol. The molecule has 0 aliphatic heterocycles. The molecule has 12 N–H and O–H groups in total. The summed E-state index contributed by atoms with van der Waals surface area (Å²) in [6, 6.07) is 0. The molecule has 0 spiro atoms. The summed E-state index contributed by atoms with van der Waals surface area (Å²) >= 11 is 0. The number of rotatable bonds is 17. The summed E-state index contributed by atoms with van der Waals surface area (Å²) in [5.41, 5.74) is 0. The van der Waals surface area contributed by atoms with E-state index in [1.165, 1.54) is 0 Å². The van der Waals surface area contributed by atoms with E-state index in [4.69, 9.17) is 31.2 Å². The van der Waals surface area contributed by atoms with Crippen LogP contribution in [0, 0.1) is 31.2 Å². The van der Waals surface area contributed by atoms with Gasteiger partial charge < -0.3 is 31.2 Å². The minimum Gasteiger partial charge on any atom is -0.566 e. The molecule has 0 saturated heterocycles. The van der Waals surface area contributed by atoms with Crippen LogP contribution in [-0.4, -0.2) is 68.9 Å². The molecule has 0 aromatic heterocycles. The van der Waals surface area contributed by atoms with Gasteiger partial charge in [0.1, 0.15) is 13.2 Å². The molecule has 0 saturated carbocycles. The SMILES string of the molecule is [O-][NH+](O)OCC(O[NH+]([O-])O)C(O[NH+]([O-])O)C(O[NH+]([O-])O)C(CO[NH+]([O-])O)O[NH+]([O-])O. The van der Waals surface area contributed by atoms with Gasteiger partial charge in [-0.1, -0.05) is 32.3 Å². The van der Waals surface area contributed by atoms with Gasteiger partial charge in [-0.05, 0) is 0 Å². The average molecular weight is 464 g/mol. The van der Waals surface area contributed by atoms with Crippen molar-refractivity contribution >= 4 is 0 Å². The molecule has 0 rings (SSSR count). The van der Waals surface area contributed by atoms with E-state index in [2.05, 4.69) is 29.0 Å². The second-order valence-electron chi connectivity index (χ2n) is 4.69. The highest BCUT2D eigenvalue weighted by Crippen LogP contribution is 2.14. The predicted octanol–water partition coefficient (Wildman–Crippen LogP) is -11.3. The summed E-state index contributed by atoms with van der Waals surface area (Å²) in [5, 5.41) is 104. The van der Waals surface area contributed by atoms with E-state index in [9.17, 15) is 31.2 Å². The zero-order valence-electron chi connectivity index (χ0n) is 14.3. The normalized spacial score (nSPS) is 22.4. The molecule has 24 nitrogen and oxygen atoms in total. The largest absolute Gasteiger partial charge is 0.566 e. The van der Waals surface area contributed by atoms with Crippen LogP contribution in [0.25, 0.3) is 0 Å². The molecule has 182 valence electrons. The lowest BCUT2D eigenvalue weighted by Gasteiger charge is -2.34. The van der Waals surface area contributed by atoms with Crippen molar-refractivity contribution in [2.45, 2.75) is 24.4 Å². The van der Waals surface area contributed by atoms with Crippen molar-refractivity contribution < 1.29 is 92.6 Å². The van der Waals surface area contributed by atoms with E-state index in [1.807, 2.05) is 0 Å². The van der Waals surface area contributed by atoms with E-state index in [1.54, 1.807) is 0 Å². The Balaban J connectivity index is 6.01. The van der Waals surface area contributed by atoms with E-state index >= 15 is 0 Å². The van der Waals surface area contributed by atoms with Gasteiger partial charge in [0.25, 0.3) is 0 Å². The first-order valence-electron chi connectivity index (χ1n) is 7.13. The van der Waals surface area contributed by atoms with E-state index < -0.39 is 70.0 Å². The highest BCUT2D eigenvalue weighted by Gasteiger charge is 2.48. The maximum atomic E-state index is 11.0. The van der Waals surface area contributed by atoms with Crippen molar-refractivity contribution in [1.82, 2.24) is 0 Å². The number of hydrogen-bond acceptors (Lipinski definition) is 18. The lowest BCUT2D eigenvalue weighted by atomic mass is 10.0. The molecule has 0 amide bonds. The van der Waals surface area contributed by atoms with Crippen LogP contribution in [0.1, 0.15) is 0 Å². The minimum absolute atomic E-state index is 1.28. The summed E-state index contributed by atoms with van der Waals surface area (Å²) in [5.74, 6) is 0. The Bertz CT molecular complexity index is 390. The minimum atomic E-state index is -2.45. The quantitative estimate of drug-likeness (QED) is 0.0888.